The number of aromatic nitrogens is 1. The van der Waals surface area contributed by atoms with Gasteiger partial charge in [-0.2, -0.15) is 0 Å². The minimum Gasteiger partial charge on any atom is -0.469 e. The number of guanidine groups is 1. The van der Waals surface area contributed by atoms with Crippen molar-refractivity contribution in [1.82, 2.24) is 15.6 Å². The molecule has 0 bridgehead atoms. The molecule has 2 atom stereocenters. The summed E-state index contributed by atoms with van der Waals surface area (Å²) in [6.45, 7) is 3.39. The lowest BCUT2D eigenvalue weighted by atomic mass is 10.1. The van der Waals surface area contributed by atoms with Crippen molar-refractivity contribution in [1.29, 1.82) is 0 Å². The van der Waals surface area contributed by atoms with E-state index in [0.29, 0.717) is 18.4 Å². The predicted octanol–water partition coefficient (Wildman–Crippen LogP) is 2.14. The summed E-state index contributed by atoms with van der Waals surface area (Å²) >= 11 is 0. The number of rotatable bonds is 8. The van der Waals surface area contributed by atoms with E-state index in [1.165, 1.54) is 0 Å². The summed E-state index contributed by atoms with van der Waals surface area (Å²) in [5.41, 5.74) is 0.808. The minimum atomic E-state index is -0.656. The maximum atomic E-state index is 10.3. The zero-order valence-corrected chi connectivity index (χ0v) is 17.5. The van der Waals surface area contributed by atoms with E-state index in [9.17, 15) is 5.11 Å². The van der Waals surface area contributed by atoms with Gasteiger partial charge in [0, 0.05) is 44.4 Å². The number of nitrogens with one attached hydrogen (secondary N) is 2. The van der Waals surface area contributed by atoms with Gasteiger partial charge < -0.3 is 24.9 Å². The molecule has 148 valence electrons. The van der Waals surface area contributed by atoms with Crippen molar-refractivity contribution in [3.05, 3.63) is 54.2 Å². The Hall–Kier alpha value is -1.65. The molecule has 7 nitrogen and oxygen atoms in total. The largest absolute Gasteiger partial charge is 0.469 e. The highest BCUT2D eigenvalue weighted by molar-refractivity contribution is 14.0. The van der Waals surface area contributed by atoms with Gasteiger partial charge in [-0.25, -0.2) is 0 Å². The van der Waals surface area contributed by atoms with Crippen LogP contribution in [0.2, 0.25) is 0 Å². The summed E-state index contributed by atoms with van der Waals surface area (Å²) < 4.78 is 10.8. The number of aliphatic hydroxyl groups excluding tert-OH is 1. The lowest BCUT2D eigenvalue weighted by molar-refractivity contribution is 0.185. The molecule has 0 saturated carbocycles. The molecule has 0 aliphatic carbocycles. The third-order valence-electron chi connectivity index (χ3n) is 4.34. The minimum absolute atomic E-state index is 0. The molecule has 3 rings (SSSR count). The molecule has 1 aliphatic rings. The molecule has 0 amide bonds. The number of nitrogens with zero attached hydrogens (tertiary/aromatic N) is 2. The summed E-state index contributed by atoms with van der Waals surface area (Å²) in [4.78, 5) is 8.50. The third-order valence-corrected chi connectivity index (χ3v) is 4.34. The number of furan rings is 1. The van der Waals surface area contributed by atoms with Gasteiger partial charge in [-0.15, -0.1) is 24.0 Å². The van der Waals surface area contributed by atoms with Gasteiger partial charge in [0.2, 0.25) is 0 Å². The number of aliphatic imine (C=N–C) groups is 1. The molecule has 1 saturated heterocycles. The van der Waals surface area contributed by atoms with Crippen LogP contribution in [0.1, 0.15) is 23.8 Å². The maximum absolute atomic E-state index is 10.3. The first kappa shape index (κ1) is 21.6. The third kappa shape index (κ3) is 7.47. The maximum Gasteiger partial charge on any atom is 0.191 e. The van der Waals surface area contributed by atoms with Crippen LogP contribution in [0.5, 0.6) is 0 Å². The van der Waals surface area contributed by atoms with E-state index in [4.69, 9.17) is 9.15 Å². The molecular weight excluding hydrogens is 459 g/mol. The molecule has 1 aliphatic heterocycles. The van der Waals surface area contributed by atoms with Gasteiger partial charge >= 0.3 is 0 Å². The highest BCUT2D eigenvalue weighted by Crippen LogP contribution is 2.12. The molecule has 3 N–H and O–H groups in total. The fourth-order valence-corrected chi connectivity index (χ4v) is 2.79. The Kier molecular flexibility index (Phi) is 9.57. The lowest BCUT2D eigenvalue weighted by Crippen LogP contribution is -2.41. The fourth-order valence-electron chi connectivity index (χ4n) is 2.79. The van der Waals surface area contributed by atoms with Crippen molar-refractivity contribution in [2.45, 2.75) is 18.9 Å². The van der Waals surface area contributed by atoms with Crippen molar-refractivity contribution < 1.29 is 14.3 Å². The van der Waals surface area contributed by atoms with Gasteiger partial charge in [-0.1, -0.05) is 0 Å². The predicted molar refractivity (Wildman–Crippen MR) is 114 cm³/mol. The summed E-state index contributed by atoms with van der Waals surface area (Å²) in [6.07, 6.45) is 6.19. The van der Waals surface area contributed by atoms with E-state index in [1.54, 1.807) is 30.8 Å². The number of halogens is 1. The first-order valence-corrected chi connectivity index (χ1v) is 9.01. The number of pyridine rings is 1. The average molecular weight is 486 g/mol. The van der Waals surface area contributed by atoms with Crippen molar-refractivity contribution in [3.63, 3.8) is 0 Å². The van der Waals surface area contributed by atoms with Crippen LogP contribution in [0.25, 0.3) is 0 Å². The van der Waals surface area contributed by atoms with Gasteiger partial charge in [-0.05, 0) is 36.2 Å². The van der Waals surface area contributed by atoms with Crippen LogP contribution in [0.3, 0.4) is 0 Å². The molecule has 0 spiro atoms. The second kappa shape index (κ2) is 11.9. The summed E-state index contributed by atoms with van der Waals surface area (Å²) in [7, 11) is 0. The van der Waals surface area contributed by atoms with Crippen molar-refractivity contribution in [3.8, 4) is 0 Å². The molecule has 2 unspecified atom stereocenters. The van der Waals surface area contributed by atoms with Crippen molar-refractivity contribution in [2.75, 3.05) is 32.8 Å². The van der Waals surface area contributed by atoms with Gasteiger partial charge in [0.1, 0.15) is 5.76 Å². The second-order valence-electron chi connectivity index (χ2n) is 6.35. The summed E-state index contributed by atoms with van der Waals surface area (Å²) in [5.74, 6) is 2.12. The molecule has 27 heavy (non-hydrogen) atoms. The number of ether oxygens (including phenoxy) is 1. The zero-order chi connectivity index (χ0) is 18.0. The van der Waals surface area contributed by atoms with Gasteiger partial charge in [0.05, 0.1) is 25.5 Å². The molecule has 0 radical (unpaired) electrons. The van der Waals surface area contributed by atoms with Crippen molar-refractivity contribution >= 4 is 29.9 Å². The molecule has 2 aromatic heterocycles. The monoisotopic (exact) mass is 486 g/mol. The molecule has 8 heteroatoms. The number of aliphatic hydroxyl groups is 1. The van der Waals surface area contributed by atoms with Crippen LogP contribution in [0, 0.1) is 5.92 Å². The summed E-state index contributed by atoms with van der Waals surface area (Å²) in [6, 6.07) is 7.43. The van der Waals surface area contributed by atoms with Crippen LogP contribution in [0.4, 0.5) is 0 Å². The molecule has 0 aromatic carbocycles. The molecule has 2 aromatic rings. The normalized spacial score (nSPS) is 18.0. The molecular formula is C19H27IN4O3. The van der Waals surface area contributed by atoms with Crippen LogP contribution in [-0.2, 0) is 11.2 Å². The van der Waals surface area contributed by atoms with Gasteiger partial charge in [-0.3, -0.25) is 9.98 Å². The Bertz CT molecular complexity index is 661. The highest BCUT2D eigenvalue weighted by atomic mass is 127. The Balaban J connectivity index is 0.00000261. The first-order valence-electron chi connectivity index (χ1n) is 9.01. The smallest absolute Gasteiger partial charge is 0.191 e. The van der Waals surface area contributed by atoms with E-state index in [-0.39, 0.29) is 30.5 Å². The SMILES string of the molecule is I.OC(CN=C(NCCc1ccco1)NCC1CCOC1)c1ccncc1. The van der Waals surface area contributed by atoms with E-state index in [1.807, 2.05) is 12.1 Å². The van der Waals surface area contributed by atoms with Crippen LogP contribution in [0.15, 0.2) is 52.3 Å². The highest BCUT2D eigenvalue weighted by Gasteiger charge is 2.16. The Morgan fingerprint density at radius 3 is 2.85 bits per heavy atom. The number of hydrogen-bond donors (Lipinski definition) is 3. The second-order valence-corrected chi connectivity index (χ2v) is 6.35. The van der Waals surface area contributed by atoms with Gasteiger partial charge in [0.15, 0.2) is 5.96 Å². The lowest BCUT2D eigenvalue weighted by Gasteiger charge is -2.16. The Morgan fingerprint density at radius 1 is 1.30 bits per heavy atom. The van der Waals surface area contributed by atoms with Crippen LogP contribution < -0.4 is 10.6 Å². The van der Waals surface area contributed by atoms with E-state index in [2.05, 4.69) is 20.6 Å². The zero-order valence-electron chi connectivity index (χ0n) is 15.2. The van der Waals surface area contributed by atoms with Gasteiger partial charge in [0.25, 0.3) is 0 Å². The first-order chi connectivity index (χ1) is 12.8. The van der Waals surface area contributed by atoms with Crippen molar-refractivity contribution in [2.24, 2.45) is 10.9 Å². The van der Waals surface area contributed by atoms with E-state index < -0.39 is 6.10 Å². The Labute approximate surface area is 176 Å². The van der Waals surface area contributed by atoms with Crippen LogP contribution >= 0.6 is 24.0 Å². The molecule has 3 heterocycles. The Morgan fingerprint density at radius 2 is 2.15 bits per heavy atom. The van der Waals surface area contributed by atoms with E-state index >= 15 is 0 Å². The standard InChI is InChI=1S/C19H26N4O3.HI/c24-18(16-3-7-20-8-4-16)13-23-19(22-12-15-6-11-25-14-15)21-9-5-17-2-1-10-26-17;/h1-4,7-8,10,15,18,24H,5-6,9,11-14H2,(H2,21,22,23);1H. The molecule has 1 fully saturated rings. The summed E-state index contributed by atoms with van der Waals surface area (Å²) in [5, 5.41) is 17.0. The number of hydrogen-bond acceptors (Lipinski definition) is 5. The van der Waals surface area contributed by atoms with E-state index in [0.717, 1.165) is 43.9 Å². The fraction of sp³-hybridized carbons (Fsp3) is 0.474. The topological polar surface area (TPSA) is 91.9 Å². The average Bonchev–Trinajstić information content (AvgIpc) is 3.38. The van der Waals surface area contributed by atoms with Crippen LogP contribution in [-0.4, -0.2) is 48.9 Å². The quantitative estimate of drug-likeness (QED) is 0.301.